The van der Waals surface area contributed by atoms with Gasteiger partial charge in [-0.2, -0.15) is 0 Å². The van der Waals surface area contributed by atoms with Gasteiger partial charge in [0.25, 0.3) is 0 Å². The maximum Gasteiger partial charge on any atom is 0.246 e. The zero-order valence-electron chi connectivity index (χ0n) is 14.0. The van der Waals surface area contributed by atoms with Crippen LogP contribution in [0.25, 0.3) is 11.6 Å². The molecule has 0 radical (unpaired) electrons. The van der Waals surface area contributed by atoms with E-state index in [2.05, 4.69) is 36.2 Å². The van der Waals surface area contributed by atoms with Crippen LogP contribution in [-0.2, 0) is 11.2 Å². The minimum atomic E-state index is -0.0249. The summed E-state index contributed by atoms with van der Waals surface area (Å²) in [6.45, 7) is 2.78. The Morgan fingerprint density at radius 2 is 2.08 bits per heavy atom. The van der Waals surface area contributed by atoms with E-state index in [1.54, 1.807) is 29.3 Å². The molecular formula is C20H21N3O. The first-order valence-corrected chi connectivity index (χ1v) is 7.96. The molecular weight excluding hydrogens is 298 g/mol. The summed E-state index contributed by atoms with van der Waals surface area (Å²) in [6.07, 6.45) is 5.91. The maximum absolute atomic E-state index is 12.3. The lowest BCUT2D eigenvalue weighted by Gasteiger charge is -2.16. The number of amides is 1. The van der Waals surface area contributed by atoms with E-state index in [4.69, 9.17) is 5.73 Å². The summed E-state index contributed by atoms with van der Waals surface area (Å²) in [6, 6.07) is 12.0. The Labute approximate surface area is 142 Å². The van der Waals surface area contributed by atoms with Crippen molar-refractivity contribution in [2.75, 3.05) is 19.3 Å². The molecule has 4 heteroatoms. The van der Waals surface area contributed by atoms with E-state index in [9.17, 15) is 4.79 Å². The highest BCUT2D eigenvalue weighted by Crippen LogP contribution is 2.32. The Morgan fingerprint density at radius 1 is 1.29 bits per heavy atom. The molecule has 1 aromatic carbocycles. The second kappa shape index (κ2) is 6.71. The number of anilines is 1. The Kier molecular flexibility index (Phi) is 4.47. The molecule has 0 aliphatic heterocycles. The second-order valence-electron chi connectivity index (χ2n) is 6.11. The van der Waals surface area contributed by atoms with Crippen molar-refractivity contribution in [3.63, 3.8) is 0 Å². The van der Waals surface area contributed by atoms with Crippen molar-refractivity contribution >= 4 is 23.4 Å². The fourth-order valence-corrected chi connectivity index (χ4v) is 2.94. The quantitative estimate of drug-likeness (QED) is 0.881. The van der Waals surface area contributed by atoms with Gasteiger partial charge in [-0.3, -0.25) is 4.79 Å². The SMILES string of the molecule is CC1=C(CN(C)C(=O)C=Cc2ccc(N)nc2)Cc2ccccc21. The number of fused-ring (bicyclic) bond motifs is 1. The van der Waals surface area contributed by atoms with Crippen LogP contribution in [0.1, 0.15) is 23.6 Å². The number of hydrogen-bond acceptors (Lipinski definition) is 3. The molecule has 0 fully saturated rings. The number of nitrogen functional groups attached to an aromatic ring is 1. The lowest BCUT2D eigenvalue weighted by molar-refractivity contribution is -0.124. The molecule has 2 aromatic rings. The van der Waals surface area contributed by atoms with E-state index in [1.165, 1.54) is 22.3 Å². The number of benzene rings is 1. The third-order valence-corrected chi connectivity index (χ3v) is 4.39. The molecule has 3 rings (SSSR count). The van der Waals surface area contributed by atoms with Gasteiger partial charge < -0.3 is 10.6 Å². The molecule has 1 aliphatic rings. The summed E-state index contributed by atoms with van der Waals surface area (Å²) < 4.78 is 0. The van der Waals surface area contributed by atoms with Gasteiger partial charge in [0.2, 0.25) is 5.91 Å². The van der Waals surface area contributed by atoms with Crippen LogP contribution in [0, 0.1) is 0 Å². The van der Waals surface area contributed by atoms with Crippen molar-refractivity contribution in [1.82, 2.24) is 9.88 Å². The van der Waals surface area contributed by atoms with Crippen LogP contribution in [0.2, 0.25) is 0 Å². The third kappa shape index (κ3) is 3.38. The van der Waals surface area contributed by atoms with E-state index in [-0.39, 0.29) is 5.91 Å². The highest BCUT2D eigenvalue weighted by Gasteiger charge is 2.19. The van der Waals surface area contributed by atoms with Gasteiger partial charge in [0.1, 0.15) is 5.82 Å². The third-order valence-electron chi connectivity index (χ3n) is 4.39. The first kappa shape index (κ1) is 16.0. The first-order valence-electron chi connectivity index (χ1n) is 7.96. The number of nitrogens with zero attached hydrogens (tertiary/aromatic N) is 2. The van der Waals surface area contributed by atoms with Gasteiger partial charge >= 0.3 is 0 Å². The Bertz CT molecular complexity index is 819. The van der Waals surface area contributed by atoms with Gasteiger partial charge in [-0.05, 0) is 59.4 Å². The van der Waals surface area contributed by atoms with Crippen LogP contribution in [0.4, 0.5) is 5.82 Å². The van der Waals surface area contributed by atoms with Crippen molar-refractivity contribution in [2.45, 2.75) is 13.3 Å². The normalized spacial score (nSPS) is 13.4. The summed E-state index contributed by atoms with van der Waals surface area (Å²) >= 11 is 0. The molecule has 1 aromatic heterocycles. The second-order valence-corrected chi connectivity index (χ2v) is 6.11. The molecule has 24 heavy (non-hydrogen) atoms. The predicted octanol–water partition coefficient (Wildman–Crippen LogP) is 3.17. The number of likely N-dealkylation sites (N-methyl/N-ethyl adjacent to an activating group) is 1. The van der Waals surface area contributed by atoms with Gasteiger partial charge in [0.15, 0.2) is 0 Å². The molecule has 1 heterocycles. The Hall–Kier alpha value is -2.88. The van der Waals surface area contributed by atoms with Crippen LogP contribution in [0.5, 0.6) is 0 Å². The topological polar surface area (TPSA) is 59.2 Å². The van der Waals surface area contributed by atoms with E-state index in [0.29, 0.717) is 12.4 Å². The number of nitrogens with two attached hydrogens (primary N) is 1. The molecule has 1 aliphatic carbocycles. The zero-order valence-corrected chi connectivity index (χ0v) is 14.0. The summed E-state index contributed by atoms with van der Waals surface area (Å²) in [4.78, 5) is 18.1. The highest BCUT2D eigenvalue weighted by molar-refractivity contribution is 5.92. The van der Waals surface area contributed by atoms with Crippen molar-refractivity contribution in [1.29, 1.82) is 0 Å². The predicted molar refractivity (Wildman–Crippen MR) is 98.1 cm³/mol. The number of allylic oxidation sites excluding steroid dienone is 1. The Morgan fingerprint density at radius 3 is 2.79 bits per heavy atom. The highest BCUT2D eigenvalue weighted by atomic mass is 16.2. The number of aromatic nitrogens is 1. The fraction of sp³-hybridized carbons (Fsp3) is 0.200. The lowest BCUT2D eigenvalue weighted by Crippen LogP contribution is -2.27. The summed E-state index contributed by atoms with van der Waals surface area (Å²) in [5.74, 6) is 0.446. The minimum Gasteiger partial charge on any atom is -0.384 e. The van der Waals surface area contributed by atoms with Crippen LogP contribution in [-0.4, -0.2) is 29.4 Å². The standard InChI is InChI=1S/C20H21N3O/c1-14-17(11-16-5-3-4-6-18(14)16)13-23(2)20(24)10-8-15-7-9-19(21)22-12-15/h3-10,12H,11,13H2,1-2H3,(H2,21,22). The van der Waals surface area contributed by atoms with Gasteiger partial charge in [0.05, 0.1) is 0 Å². The summed E-state index contributed by atoms with van der Waals surface area (Å²) in [5.41, 5.74) is 11.6. The average Bonchev–Trinajstić information content (AvgIpc) is 2.90. The van der Waals surface area contributed by atoms with Crippen LogP contribution in [0.15, 0.2) is 54.2 Å². The number of carbonyl (C=O) groups excluding carboxylic acids is 1. The molecule has 122 valence electrons. The monoisotopic (exact) mass is 319 g/mol. The van der Waals surface area contributed by atoms with Crippen LogP contribution < -0.4 is 5.73 Å². The fourth-order valence-electron chi connectivity index (χ4n) is 2.94. The molecule has 0 saturated carbocycles. The van der Waals surface area contributed by atoms with Gasteiger partial charge in [-0.1, -0.05) is 24.3 Å². The van der Waals surface area contributed by atoms with E-state index < -0.39 is 0 Å². The first-order chi connectivity index (χ1) is 11.5. The largest absolute Gasteiger partial charge is 0.384 e. The molecule has 4 nitrogen and oxygen atoms in total. The number of hydrogen-bond donors (Lipinski definition) is 1. The average molecular weight is 319 g/mol. The summed E-state index contributed by atoms with van der Waals surface area (Å²) in [5, 5.41) is 0. The van der Waals surface area contributed by atoms with E-state index in [1.807, 2.05) is 13.1 Å². The smallest absolute Gasteiger partial charge is 0.246 e. The molecule has 1 amide bonds. The summed E-state index contributed by atoms with van der Waals surface area (Å²) in [7, 11) is 1.83. The van der Waals surface area contributed by atoms with Gasteiger partial charge in [-0.15, -0.1) is 0 Å². The Balaban J connectivity index is 1.65. The minimum absolute atomic E-state index is 0.0249. The van der Waals surface area contributed by atoms with Crippen LogP contribution >= 0.6 is 0 Å². The molecule has 0 spiro atoms. The molecule has 0 atom stereocenters. The van der Waals surface area contributed by atoms with E-state index >= 15 is 0 Å². The number of carbonyl (C=O) groups is 1. The van der Waals surface area contributed by atoms with Gasteiger partial charge in [-0.25, -0.2) is 4.98 Å². The number of rotatable bonds is 4. The van der Waals surface area contributed by atoms with Crippen molar-refractivity contribution in [3.05, 3.63) is 70.9 Å². The maximum atomic E-state index is 12.3. The molecule has 0 unspecified atom stereocenters. The van der Waals surface area contributed by atoms with Crippen LogP contribution in [0.3, 0.4) is 0 Å². The molecule has 0 saturated heterocycles. The van der Waals surface area contributed by atoms with Crippen molar-refractivity contribution in [2.24, 2.45) is 0 Å². The van der Waals surface area contributed by atoms with Crippen molar-refractivity contribution < 1.29 is 4.79 Å². The van der Waals surface area contributed by atoms with E-state index in [0.717, 1.165) is 12.0 Å². The number of pyridine rings is 1. The van der Waals surface area contributed by atoms with Crippen molar-refractivity contribution in [3.8, 4) is 0 Å². The molecule has 2 N–H and O–H groups in total. The zero-order chi connectivity index (χ0) is 17.1. The molecule has 0 bridgehead atoms. The van der Waals surface area contributed by atoms with Gasteiger partial charge in [0, 0.05) is 25.9 Å². The lowest BCUT2D eigenvalue weighted by atomic mass is 10.1.